The van der Waals surface area contributed by atoms with Crippen molar-refractivity contribution in [3.63, 3.8) is 0 Å². The number of fused-ring (bicyclic) bond motifs is 1. The maximum atomic E-state index is 14.0. The van der Waals surface area contributed by atoms with Crippen LogP contribution in [0.1, 0.15) is 59.6 Å². The first-order chi connectivity index (χ1) is 15.5. The molecule has 178 valence electrons. The molecule has 0 amide bonds. The van der Waals surface area contributed by atoms with Crippen LogP contribution in [0.25, 0.3) is 0 Å². The third-order valence-corrected chi connectivity index (χ3v) is 6.05. The van der Waals surface area contributed by atoms with Crippen LogP contribution in [-0.4, -0.2) is 21.9 Å². The number of hydrogen-bond acceptors (Lipinski definition) is 7. The van der Waals surface area contributed by atoms with Crippen molar-refractivity contribution in [2.75, 3.05) is 6.61 Å². The van der Waals surface area contributed by atoms with Crippen LogP contribution in [0.3, 0.4) is 0 Å². The van der Waals surface area contributed by atoms with Crippen molar-refractivity contribution in [2.45, 2.75) is 50.2 Å². The summed E-state index contributed by atoms with van der Waals surface area (Å²) in [5.74, 6) is -2.81. The predicted octanol–water partition coefficient (Wildman–Crippen LogP) is 3.99. The van der Waals surface area contributed by atoms with Gasteiger partial charge >= 0.3 is 5.76 Å². The normalized spacial score (nSPS) is 16.8. The number of benzene rings is 2. The van der Waals surface area contributed by atoms with E-state index in [0.29, 0.717) is 18.1 Å². The van der Waals surface area contributed by atoms with Crippen LogP contribution >= 0.6 is 12.6 Å². The largest absolute Gasteiger partial charge is 0.492 e. The monoisotopic (exact) mass is 483 g/mol. The Hall–Kier alpha value is -2.76. The summed E-state index contributed by atoms with van der Waals surface area (Å²) in [6, 6.07) is 3.16. The third kappa shape index (κ3) is 5.10. The number of aromatic amines is 1. The van der Waals surface area contributed by atoms with E-state index < -0.39 is 29.5 Å². The lowest BCUT2D eigenvalue weighted by atomic mass is 9.88. The Kier molecular flexibility index (Phi) is 7.55. The molecular formula is C22H24F3N3O4S. The number of aryl methyl sites for hydroxylation is 1. The standard InChI is InChI=1S/C13H16FN3O2.C9H8F2O2S/c1-6-4-5-9(14)10(7(6)2)8(3)11(15)12-16-17-13(18)19-12;10-4-3-5(11)9(14)8-7(4)6(12)1-2-13-8/h4-5,8,11H,15H2,1-3H3,(H,17,18);3,6,12,14H,1-2H2. The first-order valence-corrected chi connectivity index (χ1v) is 10.6. The highest BCUT2D eigenvalue weighted by molar-refractivity contribution is 7.80. The van der Waals surface area contributed by atoms with Crippen molar-refractivity contribution < 1.29 is 27.4 Å². The summed E-state index contributed by atoms with van der Waals surface area (Å²) in [6.07, 6.45) is -0.631. The SMILES string of the molecule is Cc1ccc(F)c(C(C)C(N)c2n[nH]c(=O)o2)c1C.OC1CCOc2c(S)c(F)cc(F)c21. The minimum atomic E-state index is -0.940. The summed E-state index contributed by atoms with van der Waals surface area (Å²) < 4.78 is 50.1. The lowest BCUT2D eigenvalue weighted by Gasteiger charge is -2.23. The number of hydrogen-bond donors (Lipinski definition) is 4. The van der Waals surface area contributed by atoms with Gasteiger partial charge in [0.2, 0.25) is 5.89 Å². The highest BCUT2D eigenvalue weighted by atomic mass is 32.1. The average molecular weight is 484 g/mol. The number of aliphatic hydroxyl groups is 1. The summed E-state index contributed by atoms with van der Waals surface area (Å²) in [4.78, 5) is 10.9. The minimum absolute atomic E-state index is 0.00245. The Balaban J connectivity index is 0.000000194. The van der Waals surface area contributed by atoms with Crippen LogP contribution in [0.2, 0.25) is 0 Å². The molecule has 7 nitrogen and oxygen atoms in total. The Morgan fingerprint density at radius 1 is 1.24 bits per heavy atom. The van der Waals surface area contributed by atoms with Gasteiger partial charge in [-0.2, -0.15) is 0 Å². The number of thiol groups is 1. The Bertz CT molecular complexity index is 1210. The second kappa shape index (κ2) is 10.0. The Morgan fingerprint density at radius 2 is 1.94 bits per heavy atom. The summed E-state index contributed by atoms with van der Waals surface area (Å²) in [5, 5.41) is 15.3. The van der Waals surface area contributed by atoms with E-state index in [1.807, 2.05) is 13.8 Å². The van der Waals surface area contributed by atoms with Crippen molar-refractivity contribution >= 4 is 12.6 Å². The zero-order valence-corrected chi connectivity index (χ0v) is 19.1. The fourth-order valence-corrected chi connectivity index (χ4v) is 3.87. The van der Waals surface area contributed by atoms with Crippen LogP contribution < -0.4 is 16.2 Å². The van der Waals surface area contributed by atoms with Crippen molar-refractivity contribution in [1.82, 2.24) is 10.2 Å². The number of aliphatic hydroxyl groups excluding tert-OH is 1. The van der Waals surface area contributed by atoms with Gasteiger partial charge in [0.1, 0.15) is 23.2 Å². The summed E-state index contributed by atoms with van der Waals surface area (Å²) in [6.45, 7) is 5.78. The number of aromatic nitrogens is 2. The number of H-pyrrole nitrogens is 1. The quantitative estimate of drug-likeness (QED) is 0.419. The molecule has 3 aromatic rings. The summed E-state index contributed by atoms with van der Waals surface area (Å²) in [5.41, 5.74) is 8.35. The van der Waals surface area contributed by atoms with Gasteiger partial charge in [-0.3, -0.25) is 0 Å². The Labute approximate surface area is 193 Å². The highest BCUT2D eigenvalue weighted by Gasteiger charge is 2.27. The first-order valence-electron chi connectivity index (χ1n) is 10.1. The fraction of sp³-hybridized carbons (Fsp3) is 0.364. The number of nitrogens with zero attached hydrogens (tertiary/aromatic N) is 1. The molecule has 0 saturated heterocycles. The second-order valence-corrected chi connectivity index (χ2v) is 8.20. The van der Waals surface area contributed by atoms with Crippen molar-refractivity contribution in [3.8, 4) is 5.75 Å². The van der Waals surface area contributed by atoms with Crippen LogP contribution in [0.15, 0.2) is 32.3 Å². The zero-order chi connectivity index (χ0) is 24.4. The predicted molar refractivity (Wildman–Crippen MR) is 117 cm³/mol. The molecule has 0 bridgehead atoms. The minimum Gasteiger partial charge on any atom is -0.492 e. The van der Waals surface area contributed by atoms with Gasteiger partial charge in [-0.25, -0.2) is 23.1 Å². The molecule has 2 heterocycles. The molecule has 11 heteroatoms. The van der Waals surface area contributed by atoms with Gasteiger partial charge in [-0.15, -0.1) is 17.7 Å². The van der Waals surface area contributed by atoms with Gasteiger partial charge in [0.15, 0.2) is 0 Å². The molecule has 4 rings (SSSR count). The zero-order valence-electron chi connectivity index (χ0n) is 18.2. The van der Waals surface area contributed by atoms with Crippen LogP contribution in [0, 0.1) is 31.3 Å². The molecule has 0 saturated carbocycles. The molecule has 3 unspecified atom stereocenters. The number of halogens is 3. The van der Waals surface area contributed by atoms with Gasteiger partial charge in [0, 0.05) is 18.4 Å². The molecule has 0 aliphatic carbocycles. The van der Waals surface area contributed by atoms with Gasteiger partial charge in [-0.05, 0) is 36.6 Å². The van der Waals surface area contributed by atoms with E-state index in [2.05, 4.69) is 22.8 Å². The van der Waals surface area contributed by atoms with E-state index in [-0.39, 0.29) is 40.4 Å². The summed E-state index contributed by atoms with van der Waals surface area (Å²) >= 11 is 3.86. The second-order valence-electron chi connectivity index (χ2n) is 7.75. The topological polar surface area (TPSA) is 114 Å². The van der Waals surface area contributed by atoms with Crippen molar-refractivity contribution in [3.05, 3.63) is 74.3 Å². The van der Waals surface area contributed by atoms with Gasteiger partial charge in [0.05, 0.1) is 29.2 Å². The molecule has 1 aromatic heterocycles. The molecule has 1 aliphatic rings. The van der Waals surface area contributed by atoms with E-state index in [1.54, 1.807) is 13.0 Å². The lowest BCUT2D eigenvalue weighted by molar-refractivity contribution is 0.108. The van der Waals surface area contributed by atoms with Crippen molar-refractivity contribution in [2.24, 2.45) is 5.73 Å². The molecule has 0 fully saturated rings. The highest BCUT2D eigenvalue weighted by Crippen LogP contribution is 2.39. The van der Waals surface area contributed by atoms with E-state index in [9.17, 15) is 23.1 Å². The molecule has 33 heavy (non-hydrogen) atoms. The molecule has 0 spiro atoms. The molecule has 1 aliphatic heterocycles. The average Bonchev–Trinajstić information content (AvgIpc) is 3.21. The third-order valence-electron chi connectivity index (χ3n) is 5.63. The Morgan fingerprint density at radius 3 is 2.58 bits per heavy atom. The number of nitrogens with two attached hydrogens (primary N) is 1. The molecule has 0 radical (unpaired) electrons. The first kappa shape index (κ1) is 24.9. The summed E-state index contributed by atoms with van der Waals surface area (Å²) in [7, 11) is 0. The van der Waals surface area contributed by atoms with Crippen molar-refractivity contribution in [1.29, 1.82) is 0 Å². The molecule has 4 N–H and O–H groups in total. The van der Waals surface area contributed by atoms with E-state index in [1.165, 1.54) is 6.07 Å². The maximum Gasteiger partial charge on any atom is 0.434 e. The fourth-order valence-electron chi connectivity index (χ4n) is 3.62. The molecule has 2 aromatic carbocycles. The van der Waals surface area contributed by atoms with Gasteiger partial charge < -0.3 is 20.0 Å². The lowest BCUT2D eigenvalue weighted by Crippen LogP contribution is -2.20. The smallest absolute Gasteiger partial charge is 0.434 e. The van der Waals surface area contributed by atoms with Crippen LogP contribution in [0.5, 0.6) is 5.75 Å². The number of nitrogens with one attached hydrogen (secondary N) is 1. The molecular weight excluding hydrogens is 459 g/mol. The number of rotatable bonds is 3. The number of ether oxygens (including phenoxy) is 1. The van der Waals surface area contributed by atoms with Crippen LogP contribution in [-0.2, 0) is 0 Å². The van der Waals surface area contributed by atoms with Gasteiger partial charge in [-0.1, -0.05) is 13.0 Å². The van der Waals surface area contributed by atoms with E-state index >= 15 is 0 Å². The van der Waals surface area contributed by atoms with Gasteiger partial charge in [0.25, 0.3) is 0 Å². The van der Waals surface area contributed by atoms with E-state index in [4.69, 9.17) is 14.9 Å². The molecule has 3 atom stereocenters. The van der Waals surface area contributed by atoms with Crippen LogP contribution in [0.4, 0.5) is 13.2 Å². The maximum absolute atomic E-state index is 14.0. The van der Waals surface area contributed by atoms with E-state index in [0.717, 1.165) is 11.1 Å².